The second-order valence-electron chi connectivity index (χ2n) is 7.61. The van der Waals surface area contributed by atoms with Crippen LogP contribution in [0.4, 0.5) is 9.93 Å². The minimum Gasteiger partial charge on any atom is -0.480 e. The van der Waals surface area contributed by atoms with Gasteiger partial charge >= 0.3 is 12.1 Å². The fourth-order valence-corrected chi connectivity index (χ4v) is 4.67. The maximum absolute atomic E-state index is 12.6. The van der Waals surface area contributed by atoms with Gasteiger partial charge in [0.05, 0.1) is 0 Å². The van der Waals surface area contributed by atoms with Gasteiger partial charge in [0, 0.05) is 17.8 Å². The average molecular weight is 466 g/mol. The summed E-state index contributed by atoms with van der Waals surface area (Å²) in [6.07, 6.45) is -0.0465. The van der Waals surface area contributed by atoms with Gasteiger partial charge in [-0.2, -0.15) is 0 Å². The van der Waals surface area contributed by atoms with Gasteiger partial charge in [-0.25, -0.2) is 9.78 Å². The van der Waals surface area contributed by atoms with Crippen molar-refractivity contribution in [2.24, 2.45) is 0 Å². The first kappa shape index (κ1) is 22.5. The molecule has 2 N–H and O–H groups in total. The van der Waals surface area contributed by atoms with Gasteiger partial charge in [-0.05, 0) is 28.7 Å². The van der Waals surface area contributed by atoms with Crippen LogP contribution >= 0.6 is 11.3 Å². The van der Waals surface area contributed by atoms with Gasteiger partial charge in [0.1, 0.15) is 18.8 Å². The van der Waals surface area contributed by atoms with Crippen LogP contribution in [0, 0.1) is 0 Å². The third kappa shape index (κ3) is 4.88. The number of ether oxygens (including phenoxy) is 1. The van der Waals surface area contributed by atoms with Gasteiger partial charge in [-0.15, -0.1) is 11.3 Å². The number of benzene rings is 2. The van der Waals surface area contributed by atoms with E-state index in [2.05, 4.69) is 22.4 Å². The first-order valence-electron chi connectivity index (χ1n) is 10.6. The number of carboxylic acids is 1. The van der Waals surface area contributed by atoms with Gasteiger partial charge in [0.2, 0.25) is 0 Å². The summed E-state index contributed by atoms with van der Waals surface area (Å²) < 4.78 is 5.50. The quantitative estimate of drug-likeness (QED) is 0.509. The first-order chi connectivity index (χ1) is 16.0. The van der Waals surface area contributed by atoms with Gasteiger partial charge in [-0.1, -0.05) is 55.5 Å². The van der Waals surface area contributed by atoms with E-state index >= 15 is 0 Å². The standard InChI is InChI=1S/C24H23N3O5S/c1-2-11-27(12-21(28)29)22(30)20-14-33-23(25-20)26-24(31)32-13-19-17-9-5-3-7-15(17)16-8-4-6-10-18(16)19/h3-10,14,19H,2,11-13H2,1H3,(H,28,29)(H,25,26,31). The molecule has 3 aromatic rings. The number of nitrogens with one attached hydrogen (secondary N) is 1. The Bertz CT molecular complexity index is 1150. The maximum atomic E-state index is 12.6. The topological polar surface area (TPSA) is 109 Å². The molecular weight excluding hydrogens is 442 g/mol. The lowest BCUT2D eigenvalue weighted by molar-refractivity contribution is -0.137. The summed E-state index contributed by atoms with van der Waals surface area (Å²) in [6.45, 7) is 1.92. The van der Waals surface area contributed by atoms with Crippen molar-refractivity contribution in [2.75, 3.05) is 25.0 Å². The van der Waals surface area contributed by atoms with E-state index in [1.54, 1.807) is 0 Å². The van der Waals surface area contributed by atoms with Crippen molar-refractivity contribution in [3.63, 3.8) is 0 Å². The molecule has 1 aliphatic rings. The minimum atomic E-state index is -1.09. The SMILES string of the molecule is CCCN(CC(=O)O)C(=O)c1csc(NC(=O)OCC2c3ccccc3-c3ccccc32)n1. The van der Waals surface area contributed by atoms with Crippen molar-refractivity contribution >= 4 is 34.4 Å². The summed E-state index contributed by atoms with van der Waals surface area (Å²) in [5, 5.41) is 13.3. The number of aromatic nitrogens is 1. The molecule has 0 fully saturated rings. The molecule has 0 aliphatic heterocycles. The summed E-state index contributed by atoms with van der Waals surface area (Å²) in [4.78, 5) is 41.4. The van der Waals surface area contributed by atoms with Crippen LogP contribution in [0.15, 0.2) is 53.9 Å². The molecule has 2 amide bonds. The van der Waals surface area contributed by atoms with Crippen LogP contribution < -0.4 is 5.32 Å². The molecule has 4 rings (SSSR count). The monoisotopic (exact) mass is 465 g/mol. The molecule has 1 aliphatic carbocycles. The maximum Gasteiger partial charge on any atom is 0.413 e. The summed E-state index contributed by atoms with van der Waals surface area (Å²) >= 11 is 1.08. The van der Waals surface area contributed by atoms with Gasteiger partial charge in [-0.3, -0.25) is 14.9 Å². The zero-order valence-electron chi connectivity index (χ0n) is 18.0. The van der Waals surface area contributed by atoms with Crippen molar-refractivity contribution in [3.8, 4) is 11.1 Å². The highest BCUT2D eigenvalue weighted by molar-refractivity contribution is 7.14. The van der Waals surface area contributed by atoms with Crippen molar-refractivity contribution in [1.82, 2.24) is 9.88 Å². The smallest absolute Gasteiger partial charge is 0.413 e. The molecular formula is C24H23N3O5S. The third-order valence-electron chi connectivity index (χ3n) is 5.38. The molecule has 0 saturated heterocycles. The molecule has 0 spiro atoms. The van der Waals surface area contributed by atoms with E-state index in [1.807, 2.05) is 43.3 Å². The van der Waals surface area contributed by atoms with Crippen LogP contribution in [0.1, 0.15) is 40.9 Å². The van der Waals surface area contributed by atoms with Gasteiger partial charge in [0.25, 0.3) is 5.91 Å². The number of hydrogen-bond acceptors (Lipinski definition) is 6. The highest BCUT2D eigenvalue weighted by Gasteiger charge is 2.29. The Labute approximate surface area is 194 Å². The Morgan fingerprint density at radius 1 is 1.09 bits per heavy atom. The van der Waals surface area contributed by atoms with E-state index in [4.69, 9.17) is 9.84 Å². The molecule has 0 radical (unpaired) electrons. The van der Waals surface area contributed by atoms with Crippen LogP contribution in [0.2, 0.25) is 0 Å². The second kappa shape index (κ2) is 9.83. The van der Waals surface area contributed by atoms with E-state index in [0.29, 0.717) is 13.0 Å². The van der Waals surface area contributed by atoms with E-state index in [1.165, 1.54) is 10.3 Å². The molecule has 0 saturated carbocycles. The van der Waals surface area contributed by atoms with Crippen LogP contribution in [-0.4, -0.2) is 52.7 Å². The Hall–Kier alpha value is -3.72. The summed E-state index contributed by atoms with van der Waals surface area (Å²) in [5.41, 5.74) is 4.60. The Morgan fingerprint density at radius 3 is 2.33 bits per heavy atom. The predicted molar refractivity (Wildman–Crippen MR) is 125 cm³/mol. The number of nitrogens with zero attached hydrogens (tertiary/aromatic N) is 2. The first-order valence-corrected chi connectivity index (χ1v) is 11.4. The molecule has 0 unspecified atom stereocenters. The molecule has 1 heterocycles. The molecule has 8 nitrogen and oxygen atoms in total. The fraction of sp³-hybridized carbons (Fsp3) is 0.250. The third-order valence-corrected chi connectivity index (χ3v) is 6.14. The lowest BCUT2D eigenvalue weighted by atomic mass is 9.98. The Balaban J connectivity index is 1.39. The molecule has 2 aromatic carbocycles. The number of fused-ring (bicyclic) bond motifs is 3. The van der Waals surface area contributed by atoms with E-state index in [9.17, 15) is 14.4 Å². The lowest BCUT2D eigenvalue weighted by Crippen LogP contribution is -2.36. The summed E-state index contributed by atoms with van der Waals surface area (Å²) in [7, 11) is 0. The number of carbonyl (C=O) groups excluding carboxylic acids is 2. The zero-order chi connectivity index (χ0) is 23.4. The lowest BCUT2D eigenvalue weighted by Gasteiger charge is -2.18. The molecule has 0 atom stereocenters. The predicted octanol–water partition coefficient (Wildman–Crippen LogP) is 4.44. The van der Waals surface area contributed by atoms with E-state index in [-0.39, 0.29) is 23.4 Å². The van der Waals surface area contributed by atoms with Crippen molar-refractivity contribution in [3.05, 3.63) is 70.7 Å². The summed E-state index contributed by atoms with van der Waals surface area (Å²) in [6, 6.07) is 16.1. The van der Waals surface area contributed by atoms with Crippen molar-refractivity contribution in [2.45, 2.75) is 19.3 Å². The Morgan fingerprint density at radius 2 is 1.73 bits per heavy atom. The Kier molecular flexibility index (Phi) is 6.69. The van der Waals surface area contributed by atoms with Crippen LogP contribution in [0.3, 0.4) is 0 Å². The van der Waals surface area contributed by atoms with Gasteiger partial charge < -0.3 is 14.7 Å². The van der Waals surface area contributed by atoms with Crippen molar-refractivity contribution in [1.29, 1.82) is 0 Å². The average Bonchev–Trinajstić information content (AvgIpc) is 3.39. The highest BCUT2D eigenvalue weighted by Crippen LogP contribution is 2.44. The highest BCUT2D eigenvalue weighted by atomic mass is 32.1. The fourth-order valence-electron chi connectivity index (χ4n) is 4.00. The number of carbonyl (C=O) groups is 3. The van der Waals surface area contributed by atoms with Crippen LogP contribution in [-0.2, 0) is 9.53 Å². The minimum absolute atomic E-state index is 0.0600. The molecule has 1 aromatic heterocycles. The number of anilines is 1. The summed E-state index contributed by atoms with van der Waals surface area (Å²) in [5.74, 6) is -1.64. The number of rotatable bonds is 8. The van der Waals surface area contributed by atoms with Crippen LogP contribution in [0.25, 0.3) is 11.1 Å². The van der Waals surface area contributed by atoms with E-state index in [0.717, 1.165) is 33.6 Å². The number of carboxylic acid groups (broad SMARTS) is 1. The number of thiazole rings is 1. The van der Waals surface area contributed by atoms with Crippen LogP contribution in [0.5, 0.6) is 0 Å². The number of amides is 2. The number of aliphatic carboxylic acids is 1. The molecule has 33 heavy (non-hydrogen) atoms. The molecule has 0 bridgehead atoms. The number of hydrogen-bond donors (Lipinski definition) is 2. The van der Waals surface area contributed by atoms with Gasteiger partial charge in [0.15, 0.2) is 5.13 Å². The van der Waals surface area contributed by atoms with E-state index < -0.39 is 24.5 Å². The zero-order valence-corrected chi connectivity index (χ0v) is 18.8. The van der Waals surface area contributed by atoms with Crippen molar-refractivity contribution < 1.29 is 24.2 Å². The normalized spacial score (nSPS) is 12.0. The second-order valence-corrected chi connectivity index (χ2v) is 8.47. The molecule has 9 heteroatoms. The largest absolute Gasteiger partial charge is 0.480 e. The molecule has 170 valence electrons.